The van der Waals surface area contributed by atoms with Crippen molar-refractivity contribution in [1.82, 2.24) is 4.98 Å². The van der Waals surface area contributed by atoms with E-state index in [0.29, 0.717) is 4.88 Å². The number of thiazole rings is 1. The molecule has 0 spiro atoms. The molecule has 1 aliphatic heterocycles. The van der Waals surface area contributed by atoms with E-state index in [9.17, 15) is 0 Å². The minimum absolute atomic E-state index is 0. The Bertz CT molecular complexity index is 329. The summed E-state index contributed by atoms with van der Waals surface area (Å²) in [6, 6.07) is 2.34. The number of hydrogen-bond donors (Lipinski definition) is 1. The topological polar surface area (TPSA) is 65.9 Å². The Morgan fingerprint density at radius 3 is 2.64 bits per heavy atom. The Labute approximate surface area is 98.5 Å². The number of rotatable bonds is 1. The first-order valence-corrected chi connectivity index (χ1v) is 4.47. The van der Waals surface area contributed by atoms with Crippen LogP contribution in [0.2, 0.25) is 0 Å². The molecule has 1 aromatic heterocycles. The minimum Gasteiger partial charge on any atom is -0.345 e. The van der Waals surface area contributed by atoms with E-state index in [2.05, 4.69) is 16.0 Å². The van der Waals surface area contributed by atoms with E-state index < -0.39 is 0 Å². The standard InChI is InChI=1S/C7H8N4S.2ClH/c8-1-6-2-10-7(12-6)11-3-5(9)4-11;;/h2,5H,3-4,9H2;2*1H. The van der Waals surface area contributed by atoms with Crippen molar-refractivity contribution in [2.45, 2.75) is 6.04 Å². The van der Waals surface area contributed by atoms with Gasteiger partial charge in [-0.3, -0.25) is 0 Å². The van der Waals surface area contributed by atoms with Gasteiger partial charge in [-0.2, -0.15) is 5.26 Å². The van der Waals surface area contributed by atoms with E-state index in [4.69, 9.17) is 11.0 Å². The maximum atomic E-state index is 8.55. The molecule has 0 radical (unpaired) electrons. The second-order valence-corrected chi connectivity index (χ2v) is 3.79. The number of anilines is 1. The lowest BCUT2D eigenvalue weighted by Crippen LogP contribution is -2.55. The molecule has 0 unspecified atom stereocenters. The molecule has 0 aliphatic carbocycles. The molecule has 0 aromatic carbocycles. The molecule has 1 saturated heterocycles. The normalized spacial score (nSPS) is 14.7. The Balaban J connectivity index is 0.000000845. The van der Waals surface area contributed by atoms with Crippen molar-refractivity contribution >= 4 is 41.3 Å². The fourth-order valence-corrected chi connectivity index (χ4v) is 1.86. The first-order valence-electron chi connectivity index (χ1n) is 3.66. The van der Waals surface area contributed by atoms with Crippen LogP contribution in [-0.2, 0) is 0 Å². The quantitative estimate of drug-likeness (QED) is 0.811. The molecule has 7 heteroatoms. The number of aromatic nitrogens is 1. The van der Waals surface area contributed by atoms with Gasteiger partial charge in [0.25, 0.3) is 0 Å². The summed E-state index contributed by atoms with van der Waals surface area (Å²) in [5, 5.41) is 9.46. The van der Waals surface area contributed by atoms with Crippen LogP contribution in [0, 0.1) is 11.3 Å². The smallest absolute Gasteiger partial charge is 0.186 e. The van der Waals surface area contributed by atoms with Crippen molar-refractivity contribution in [2.75, 3.05) is 18.0 Å². The number of hydrogen-bond acceptors (Lipinski definition) is 5. The molecule has 0 saturated carbocycles. The Hall–Kier alpha value is -0.540. The Morgan fingerprint density at radius 2 is 2.21 bits per heavy atom. The summed E-state index contributed by atoms with van der Waals surface area (Å²) in [6.07, 6.45) is 1.60. The number of nitrogens with zero attached hydrogens (tertiary/aromatic N) is 3. The average molecular weight is 253 g/mol. The summed E-state index contributed by atoms with van der Waals surface area (Å²) < 4.78 is 0. The third-order valence-electron chi connectivity index (χ3n) is 1.78. The van der Waals surface area contributed by atoms with Gasteiger partial charge in [-0.25, -0.2) is 4.98 Å². The SMILES string of the molecule is Cl.Cl.N#Cc1cnc(N2CC(N)C2)s1. The van der Waals surface area contributed by atoms with Crippen LogP contribution in [0.3, 0.4) is 0 Å². The molecule has 0 atom stereocenters. The first kappa shape index (κ1) is 13.5. The number of nitriles is 1. The highest BCUT2D eigenvalue weighted by molar-refractivity contribution is 7.16. The molecule has 1 aliphatic rings. The summed E-state index contributed by atoms with van der Waals surface area (Å²) in [5.74, 6) is 0. The largest absolute Gasteiger partial charge is 0.345 e. The summed E-state index contributed by atoms with van der Waals surface area (Å²) in [7, 11) is 0. The van der Waals surface area contributed by atoms with Crippen molar-refractivity contribution in [1.29, 1.82) is 5.26 Å². The summed E-state index contributed by atoms with van der Waals surface area (Å²) in [5.41, 5.74) is 5.62. The molecule has 1 fully saturated rings. The highest BCUT2D eigenvalue weighted by Gasteiger charge is 2.25. The monoisotopic (exact) mass is 252 g/mol. The zero-order valence-corrected chi connectivity index (χ0v) is 9.66. The van der Waals surface area contributed by atoms with Gasteiger partial charge in [0.15, 0.2) is 5.13 Å². The van der Waals surface area contributed by atoms with E-state index >= 15 is 0 Å². The van der Waals surface area contributed by atoms with E-state index in [-0.39, 0.29) is 30.9 Å². The number of nitrogens with two attached hydrogens (primary N) is 1. The zero-order chi connectivity index (χ0) is 8.55. The zero-order valence-electron chi connectivity index (χ0n) is 7.21. The van der Waals surface area contributed by atoms with Crippen molar-refractivity contribution in [3.63, 3.8) is 0 Å². The van der Waals surface area contributed by atoms with Crippen molar-refractivity contribution in [3.05, 3.63) is 11.1 Å². The second kappa shape index (κ2) is 5.37. The van der Waals surface area contributed by atoms with E-state index in [1.54, 1.807) is 6.20 Å². The molecule has 2 heterocycles. The van der Waals surface area contributed by atoms with Gasteiger partial charge in [-0.1, -0.05) is 11.3 Å². The Morgan fingerprint density at radius 1 is 1.57 bits per heavy atom. The maximum absolute atomic E-state index is 8.55. The fourth-order valence-electron chi connectivity index (χ4n) is 1.13. The van der Waals surface area contributed by atoms with E-state index in [1.807, 2.05) is 0 Å². The lowest BCUT2D eigenvalue weighted by atomic mass is 10.1. The van der Waals surface area contributed by atoms with Gasteiger partial charge in [-0.15, -0.1) is 24.8 Å². The molecule has 1 aromatic rings. The van der Waals surface area contributed by atoms with Gasteiger partial charge in [0.2, 0.25) is 0 Å². The van der Waals surface area contributed by atoms with Crippen LogP contribution in [0.4, 0.5) is 5.13 Å². The molecule has 0 amide bonds. The minimum atomic E-state index is 0. The molecular formula is C7H10Cl2N4S. The van der Waals surface area contributed by atoms with Crippen molar-refractivity contribution in [3.8, 4) is 6.07 Å². The summed E-state index contributed by atoms with van der Waals surface area (Å²) >= 11 is 1.42. The van der Waals surface area contributed by atoms with Crippen LogP contribution in [0.15, 0.2) is 6.20 Å². The summed E-state index contributed by atoms with van der Waals surface area (Å²) in [6.45, 7) is 1.72. The predicted octanol–water partition coefficient (Wildman–Crippen LogP) is 1.01. The molecule has 0 bridgehead atoms. The molecule has 2 N–H and O–H groups in total. The van der Waals surface area contributed by atoms with Gasteiger partial charge in [-0.05, 0) is 0 Å². The van der Waals surface area contributed by atoms with E-state index in [0.717, 1.165) is 18.2 Å². The first-order chi connectivity index (χ1) is 5.79. The second-order valence-electron chi connectivity index (χ2n) is 2.78. The van der Waals surface area contributed by atoms with Crippen LogP contribution in [-0.4, -0.2) is 24.1 Å². The van der Waals surface area contributed by atoms with Crippen LogP contribution >= 0.6 is 36.2 Å². The third kappa shape index (κ3) is 2.49. The average Bonchev–Trinajstić information content (AvgIpc) is 2.46. The Kier molecular flexibility index (Phi) is 5.16. The highest BCUT2D eigenvalue weighted by atomic mass is 35.5. The van der Waals surface area contributed by atoms with Crippen LogP contribution < -0.4 is 10.6 Å². The van der Waals surface area contributed by atoms with Crippen molar-refractivity contribution in [2.24, 2.45) is 5.73 Å². The van der Waals surface area contributed by atoms with E-state index in [1.165, 1.54) is 11.3 Å². The van der Waals surface area contributed by atoms with Gasteiger partial charge >= 0.3 is 0 Å². The molecule has 4 nitrogen and oxygen atoms in total. The van der Waals surface area contributed by atoms with Crippen LogP contribution in [0.1, 0.15) is 4.88 Å². The van der Waals surface area contributed by atoms with Gasteiger partial charge in [0.1, 0.15) is 10.9 Å². The van der Waals surface area contributed by atoms with Gasteiger partial charge < -0.3 is 10.6 Å². The third-order valence-corrected chi connectivity index (χ3v) is 2.75. The fraction of sp³-hybridized carbons (Fsp3) is 0.429. The van der Waals surface area contributed by atoms with Crippen LogP contribution in [0.5, 0.6) is 0 Å². The van der Waals surface area contributed by atoms with Crippen molar-refractivity contribution < 1.29 is 0 Å². The lowest BCUT2D eigenvalue weighted by Gasteiger charge is -2.36. The molecule has 14 heavy (non-hydrogen) atoms. The molecule has 2 rings (SSSR count). The van der Waals surface area contributed by atoms with Gasteiger partial charge in [0.05, 0.1) is 6.20 Å². The molecular weight excluding hydrogens is 243 g/mol. The lowest BCUT2D eigenvalue weighted by molar-refractivity contribution is 0.518. The summed E-state index contributed by atoms with van der Waals surface area (Å²) in [4.78, 5) is 6.85. The van der Waals surface area contributed by atoms with Crippen LogP contribution in [0.25, 0.3) is 0 Å². The number of halogens is 2. The molecule has 78 valence electrons. The predicted molar refractivity (Wildman–Crippen MR) is 61.5 cm³/mol. The maximum Gasteiger partial charge on any atom is 0.186 e. The van der Waals surface area contributed by atoms with Gasteiger partial charge in [0, 0.05) is 19.1 Å². The highest BCUT2D eigenvalue weighted by Crippen LogP contribution is 2.25.